The molecule has 0 spiro atoms. The van der Waals surface area contributed by atoms with E-state index in [4.69, 9.17) is 0 Å². The maximum atomic E-state index is 13.0. The predicted molar refractivity (Wildman–Crippen MR) is 87.1 cm³/mol. The van der Waals surface area contributed by atoms with Crippen LogP contribution in [0.2, 0.25) is 0 Å². The van der Waals surface area contributed by atoms with Gasteiger partial charge in [-0.2, -0.15) is 0 Å². The third-order valence-corrected chi connectivity index (χ3v) is 5.42. The lowest BCUT2D eigenvalue weighted by molar-refractivity contribution is -0.121. The summed E-state index contributed by atoms with van der Waals surface area (Å²) in [5.74, 6) is -0.757. The second-order valence-corrected chi connectivity index (χ2v) is 7.54. The second kappa shape index (κ2) is 6.33. The molecule has 0 bridgehead atoms. The van der Waals surface area contributed by atoms with Crippen molar-refractivity contribution < 1.29 is 17.6 Å². The molecule has 7 heteroatoms. The second-order valence-electron chi connectivity index (χ2n) is 5.77. The third kappa shape index (κ3) is 3.63. The standard InChI is InChI=1S/C17H17FN2O3S/c18-14-8-6-13(7-9-14)17(10-11-17)20-16(21)12-19-24(22,23)15-4-2-1-3-5-15/h1-9,19H,10-12H2,(H,20,21). The molecule has 2 N–H and O–H groups in total. The van der Waals surface area contributed by atoms with Gasteiger partial charge in [0.15, 0.2) is 0 Å². The van der Waals surface area contributed by atoms with Gasteiger partial charge in [-0.15, -0.1) is 0 Å². The monoisotopic (exact) mass is 348 g/mol. The fraction of sp³-hybridized carbons (Fsp3) is 0.235. The van der Waals surface area contributed by atoms with Gasteiger partial charge in [0.05, 0.1) is 17.0 Å². The number of benzene rings is 2. The summed E-state index contributed by atoms with van der Waals surface area (Å²) in [7, 11) is -3.72. The lowest BCUT2D eigenvalue weighted by atomic mass is 10.0. The Hall–Kier alpha value is -2.25. The third-order valence-electron chi connectivity index (χ3n) is 4.00. The van der Waals surface area contributed by atoms with Crippen LogP contribution in [-0.4, -0.2) is 20.9 Å². The molecule has 1 amide bonds. The number of sulfonamides is 1. The molecule has 0 atom stereocenters. The molecular formula is C17H17FN2O3S. The van der Waals surface area contributed by atoms with Crippen molar-refractivity contribution in [1.29, 1.82) is 0 Å². The van der Waals surface area contributed by atoms with Crippen LogP contribution in [0.25, 0.3) is 0 Å². The smallest absolute Gasteiger partial charge is 0.241 e. The molecule has 126 valence electrons. The first kappa shape index (κ1) is 16.6. The average Bonchev–Trinajstić information content (AvgIpc) is 3.35. The van der Waals surface area contributed by atoms with Gasteiger partial charge >= 0.3 is 0 Å². The van der Waals surface area contributed by atoms with Gasteiger partial charge in [-0.3, -0.25) is 4.79 Å². The van der Waals surface area contributed by atoms with E-state index in [-0.39, 0.29) is 17.3 Å². The molecule has 5 nitrogen and oxygen atoms in total. The maximum Gasteiger partial charge on any atom is 0.241 e. The van der Waals surface area contributed by atoms with Crippen LogP contribution in [0.4, 0.5) is 4.39 Å². The molecule has 0 unspecified atom stereocenters. The first-order chi connectivity index (χ1) is 11.4. The maximum absolute atomic E-state index is 13.0. The highest BCUT2D eigenvalue weighted by Gasteiger charge is 2.45. The molecule has 0 radical (unpaired) electrons. The average molecular weight is 348 g/mol. The molecule has 2 aromatic rings. The number of rotatable bonds is 6. The van der Waals surface area contributed by atoms with Gasteiger partial charge in [0.25, 0.3) is 0 Å². The molecule has 24 heavy (non-hydrogen) atoms. The number of carbonyl (C=O) groups excluding carboxylic acids is 1. The summed E-state index contributed by atoms with van der Waals surface area (Å²) in [6.45, 7) is -0.347. The normalized spacial score (nSPS) is 15.7. The molecule has 0 aromatic heterocycles. The van der Waals surface area contributed by atoms with Gasteiger partial charge in [0.2, 0.25) is 15.9 Å². The zero-order valence-electron chi connectivity index (χ0n) is 12.8. The van der Waals surface area contributed by atoms with Gasteiger partial charge in [-0.05, 0) is 42.7 Å². The fourth-order valence-corrected chi connectivity index (χ4v) is 3.54. The van der Waals surface area contributed by atoms with Gasteiger partial charge in [-0.1, -0.05) is 30.3 Å². The number of hydrogen-bond donors (Lipinski definition) is 2. The Labute approximate surface area is 139 Å². The Kier molecular flexibility index (Phi) is 4.38. The van der Waals surface area contributed by atoms with E-state index < -0.39 is 21.5 Å². The van der Waals surface area contributed by atoms with E-state index in [1.54, 1.807) is 30.3 Å². The van der Waals surface area contributed by atoms with Crippen molar-refractivity contribution in [3.8, 4) is 0 Å². The van der Waals surface area contributed by atoms with Crippen molar-refractivity contribution >= 4 is 15.9 Å². The van der Waals surface area contributed by atoms with E-state index >= 15 is 0 Å². The molecule has 3 rings (SSSR count). The minimum atomic E-state index is -3.72. The fourth-order valence-electron chi connectivity index (χ4n) is 2.53. The molecule has 0 saturated heterocycles. The van der Waals surface area contributed by atoms with E-state index in [9.17, 15) is 17.6 Å². The number of halogens is 1. The Bertz CT molecular complexity index is 832. The van der Waals surface area contributed by atoms with E-state index in [1.165, 1.54) is 24.3 Å². The van der Waals surface area contributed by atoms with Crippen LogP contribution in [0.15, 0.2) is 59.5 Å². The molecule has 0 heterocycles. The van der Waals surface area contributed by atoms with Crippen LogP contribution >= 0.6 is 0 Å². The summed E-state index contributed by atoms with van der Waals surface area (Å²) in [4.78, 5) is 12.2. The van der Waals surface area contributed by atoms with Crippen molar-refractivity contribution in [3.63, 3.8) is 0 Å². The zero-order valence-corrected chi connectivity index (χ0v) is 13.6. The SMILES string of the molecule is O=C(CNS(=O)(=O)c1ccccc1)NC1(c2ccc(F)cc2)CC1. The molecule has 1 fully saturated rings. The largest absolute Gasteiger partial charge is 0.345 e. The minimum absolute atomic E-state index is 0.109. The van der Waals surface area contributed by atoms with Crippen molar-refractivity contribution in [2.45, 2.75) is 23.3 Å². The summed E-state index contributed by atoms with van der Waals surface area (Å²) in [6.07, 6.45) is 1.49. The quantitative estimate of drug-likeness (QED) is 0.837. The molecule has 1 saturated carbocycles. The highest BCUT2D eigenvalue weighted by molar-refractivity contribution is 7.89. The Morgan fingerprint density at radius 1 is 1.04 bits per heavy atom. The van der Waals surface area contributed by atoms with Crippen molar-refractivity contribution in [1.82, 2.24) is 10.0 Å². The molecule has 2 aromatic carbocycles. The minimum Gasteiger partial charge on any atom is -0.345 e. The number of nitrogens with one attached hydrogen (secondary N) is 2. The predicted octanol–water partition coefficient (Wildman–Crippen LogP) is 1.91. The Balaban J connectivity index is 1.61. The van der Waals surface area contributed by atoms with Crippen molar-refractivity contribution in [3.05, 3.63) is 66.0 Å². The van der Waals surface area contributed by atoms with Crippen LogP contribution in [0.5, 0.6) is 0 Å². The van der Waals surface area contributed by atoms with Crippen LogP contribution in [0, 0.1) is 5.82 Å². The topological polar surface area (TPSA) is 75.3 Å². The molecule has 0 aliphatic heterocycles. The Morgan fingerprint density at radius 3 is 2.25 bits per heavy atom. The molecule has 1 aliphatic carbocycles. The van der Waals surface area contributed by atoms with Crippen molar-refractivity contribution in [2.75, 3.05) is 6.54 Å². The highest BCUT2D eigenvalue weighted by atomic mass is 32.2. The zero-order chi connectivity index (χ0) is 17.2. The van der Waals surface area contributed by atoms with Crippen LogP contribution < -0.4 is 10.0 Å². The number of hydrogen-bond acceptors (Lipinski definition) is 3. The van der Waals surface area contributed by atoms with E-state index in [0.717, 1.165) is 18.4 Å². The first-order valence-corrected chi connectivity index (χ1v) is 9.01. The summed E-state index contributed by atoms with van der Waals surface area (Å²) in [6, 6.07) is 13.8. The van der Waals surface area contributed by atoms with E-state index in [0.29, 0.717) is 0 Å². The lowest BCUT2D eigenvalue weighted by Crippen LogP contribution is -2.42. The van der Waals surface area contributed by atoms with E-state index in [1.807, 2.05) is 0 Å². The van der Waals surface area contributed by atoms with E-state index in [2.05, 4.69) is 10.0 Å². The van der Waals surface area contributed by atoms with Gasteiger partial charge < -0.3 is 5.32 Å². The van der Waals surface area contributed by atoms with Gasteiger partial charge in [0.1, 0.15) is 5.82 Å². The van der Waals surface area contributed by atoms with Crippen LogP contribution in [0.3, 0.4) is 0 Å². The number of amides is 1. The lowest BCUT2D eigenvalue weighted by Gasteiger charge is -2.18. The van der Waals surface area contributed by atoms with Crippen LogP contribution in [-0.2, 0) is 20.4 Å². The molecular weight excluding hydrogens is 331 g/mol. The first-order valence-electron chi connectivity index (χ1n) is 7.53. The summed E-state index contributed by atoms with van der Waals surface area (Å²) >= 11 is 0. The summed E-state index contributed by atoms with van der Waals surface area (Å²) < 4.78 is 39.5. The number of carbonyl (C=O) groups is 1. The molecule has 1 aliphatic rings. The highest BCUT2D eigenvalue weighted by Crippen LogP contribution is 2.45. The van der Waals surface area contributed by atoms with Gasteiger partial charge in [-0.25, -0.2) is 17.5 Å². The van der Waals surface area contributed by atoms with Gasteiger partial charge in [0, 0.05) is 0 Å². The van der Waals surface area contributed by atoms with Crippen LogP contribution in [0.1, 0.15) is 18.4 Å². The van der Waals surface area contributed by atoms with Crippen molar-refractivity contribution in [2.24, 2.45) is 0 Å². The summed E-state index contributed by atoms with van der Waals surface area (Å²) in [5, 5.41) is 2.84. The Morgan fingerprint density at radius 2 is 1.67 bits per heavy atom. The summed E-state index contributed by atoms with van der Waals surface area (Å²) in [5.41, 5.74) is 0.311.